The van der Waals surface area contributed by atoms with Gasteiger partial charge in [0.1, 0.15) is 18.4 Å². The Bertz CT molecular complexity index is 1480. The molecule has 1 N–H and O–H groups in total. The van der Waals surface area contributed by atoms with Gasteiger partial charge in [0.05, 0.1) is 12.2 Å². The number of carbonyl (C=O) groups is 2. The number of benzene rings is 4. The highest BCUT2D eigenvalue weighted by Gasteiger charge is 2.33. The maximum Gasteiger partial charge on any atom is 0.249 e. The summed E-state index contributed by atoms with van der Waals surface area (Å²) in [6.07, 6.45) is 1.98. The molecule has 4 aromatic rings. The minimum Gasteiger partial charge on any atom is -0.489 e. The van der Waals surface area contributed by atoms with Crippen LogP contribution in [0, 0.1) is 12.8 Å². The SMILES string of the molecule is CC[C@@H](C)C(=O)N[C@H]1CCc2ccc(OCc3ccccc3)cc2N(Cc2c(C)ccc3ccccc23)C1=O. The lowest BCUT2D eigenvalue weighted by Crippen LogP contribution is -2.49. The van der Waals surface area contributed by atoms with Gasteiger partial charge in [-0.25, -0.2) is 0 Å². The second kappa shape index (κ2) is 11.7. The molecule has 0 unspecified atom stereocenters. The number of hydrogen-bond donors (Lipinski definition) is 1. The Hall–Kier alpha value is -4.12. The van der Waals surface area contributed by atoms with Gasteiger partial charge in [-0.3, -0.25) is 9.59 Å². The van der Waals surface area contributed by atoms with Gasteiger partial charge in [0.2, 0.25) is 11.8 Å². The summed E-state index contributed by atoms with van der Waals surface area (Å²) in [7, 11) is 0. The Morgan fingerprint density at radius 3 is 2.59 bits per heavy atom. The third kappa shape index (κ3) is 5.83. The molecule has 0 saturated heterocycles. The molecule has 0 aliphatic carbocycles. The summed E-state index contributed by atoms with van der Waals surface area (Å²) >= 11 is 0. The van der Waals surface area contributed by atoms with Gasteiger partial charge in [-0.05, 0) is 65.3 Å². The first-order chi connectivity index (χ1) is 18.9. The van der Waals surface area contributed by atoms with Crippen molar-refractivity contribution in [1.82, 2.24) is 5.32 Å². The number of nitrogens with zero attached hydrogens (tertiary/aromatic N) is 1. The lowest BCUT2D eigenvalue weighted by Gasteiger charge is -2.28. The van der Waals surface area contributed by atoms with Crippen LogP contribution in [0.25, 0.3) is 10.8 Å². The van der Waals surface area contributed by atoms with Crippen molar-refractivity contribution in [2.24, 2.45) is 5.92 Å². The third-order valence-electron chi connectivity index (χ3n) is 7.83. The highest BCUT2D eigenvalue weighted by Crippen LogP contribution is 2.34. The predicted octanol–water partition coefficient (Wildman–Crippen LogP) is 6.74. The number of hydrogen-bond acceptors (Lipinski definition) is 3. The van der Waals surface area contributed by atoms with E-state index < -0.39 is 6.04 Å². The van der Waals surface area contributed by atoms with Gasteiger partial charge in [-0.2, -0.15) is 0 Å². The van der Waals surface area contributed by atoms with E-state index in [1.807, 2.05) is 73.3 Å². The van der Waals surface area contributed by atoms with Gasteiger partial charge in [0.25, 0.3) is 0 Å². The monoisotopic (exact) mass is 520 g/mol. The number of fused-ring (bicyclic) bond motifs is 2. The lowest BCUT2D eigenvalue weighted by atomic mass is 9.98. The number of nitrogens with one attached hydrogen (secondary N) is 1. The molecule has 0 bridgehead atoms. The van der Waals surface area contributed by atoms with Crippen LogP contribution < -0.4 is 15.0 Å². The number of amides is 2. The summed E-state index contributed by atoms with van der Waals surface area (Å²) in [6, 6.07) is 28.0. The second-order valence-electron chi connectivity index (χ2n) is 10.5. The number of anilines is 1. The minimum absolute atomic E-state index is 0.0741. The maximum atomic E-state index is 14.2. The Morgan fingerprint density at radius 2 is 1.79 bits per heavy atom. The average molecular weight is 521 g/mol. The Labute approximate surface area is 230 Å². The summed E-state index contributed by atoms with van der Waals surface area (Å²) in [5.74, 6) is 0.412. The predicted molar refractivity (Wildman–Crippen MR) is 157 cm³/mol. The number of ether oxygens (including phenoxy) is 1. The Morgan fingerprint density at radius 1 is 1.03 bits per heavy atom. The van der Waals surface area contributed by atoms with Crippen LogP contribution in [0.4, 0.5) is 5.69 Å². The zero-order valence-electron chi connectivity index (χ0n) is 22.9. The first kappa shape index (κ1) is 26.5. The number of carbonyl (C=O) groups excluding carboxylic acids is 2. The van der Waals surface area contributed by atoms with E-state index in [1.165, 1.54) is 0 Å². The molecule has 0 aromatic heterocycles. The van der Waals surface area contributed by atoms with Crippen LogP contribution in [-0.2, 0) is 29.2 Å². The molecule has 5 heteroatoms. The van der Waals surface area contributed by atoms with Crippen molar-refractivity contribution >= 4 is 28.3 Å². The van der Waals surface area contributed by atoms with E-state index in [2.05, 4.69) is 42.6 Å². The van der Waals surface area contributed by atoms with E-state index in [4.69, 9.17) is 4.74 Å². The summed E-state index contributed by atoms with van der Waals surface area (Å²) < 4.78 is 6.16. The van der Waals surface area contributed by atoms with Crippen molar-refractivity contribution in [3.8, 4) is 5.75 Å². The molecule has 200 valence electrons. The Balaban J connectivity index is 1.52. The summed E-state index contributed by atoms with van der Waals surface area (Å²) in [6.45, 7) is 6.84. The smallest absolute Gasteiger partial charge is 0.249 e. The molecule has 4 aromatic carbocycles. The Kier molecular flexibility index (Phi) is 7.97. The molecule has 2 atom stereocenters. The molecular weight excluding hydrogens is 484 g/mol. The van der Waals surface area contributed by atoms with Crippen LogP contribution in [-0.4, -0.2) is 17.9 Å². The molecular formula is C34H36N2O3. The molecule has 1 aliphatic heterocycles. The zero-order chi connectivity index (χ0) is 27.4. The van der Waals surface area contributed by atoms with E-state index in [9.17, 15) is 9.59 Å². The standard InChI is InChI=1S/C34H36N2O3/c1-4-23(2)33(37)35-31-19-17-27-16-18-28(39-22-25-10-6-5-7-11-25)20-32(27)36(34(31)38)21-30-24(3)14-15-26-12-8-9-13-29(26)30/h5-16,18,20,23,31H,4,17,19,21-22H2,1-3H3,(H,35,37)/t23-,31+/m1/s1. The molecule has 2 amide bonds. The molecule has 1 aliphatic rings. The van der Waals surface area contributed by atoms with E-state index in [0.29, 0.717) is 31.7 Å². The van der Waals surface area contributed by atoms with Crippen molar-refractivity contribution in [3.63, 3.8) is 0 Å². The topological polar surface area (TPSA) is 58.6 Å². The quantitative estimate of drug-likeness (QED) is 0.280. The summed E-state index contributed by atoms with van der Waals surface area (Å²) in [5.41, 5.74) is 5.24. The van der Waals surface area contributed by atoms with Crippen molar-refractivity contribution in [2.75, 3.05) is 4.90 Å². The van der Waals surface area contributed by atoms with Gasteiger partial charge in [0.15, 0.2) is 0 Å². The molecule has 0 saturated carbocycles. The highest BCUT2D eigenvalue weighted by atomic mass is 16.5. The third-order valence-corrected chi connectivity index (χ3v) is 7.83. The van der Waals surface area contributed by atoms with E-state index in [-0.39, 0.29) is 17.7 Å². The lowest BCUT2D eigenvalue weighted by molar-refractivity contribution is -0.129. The van der Waals surface area contributed by atoms with Gasteiger partial charge < -0.3 is 15.0 Å². The largest absolute Gasteiger partial charge is 0.489 e. The van der Waals surface area contributed by atoms with Crippen LogP contribution in [0.2, 0.25) is 0 Å². The summed E-state index contributed by atoms with van der Waals surface area (Å²) in [5, 5.41) is 5.33. The number of aryl methyl sites for hydroxylation is 2. The molecule has 5 nitrogen and oxygen atoms in total. The van der Waals surface area contributed by atoms with Crippen molar-refractivity contribution in [2.45, 2.75) is 59.2 Å². The van der Waals surface area contributed by atoms with Crippen molar-refractivity contribution in [3.05, 3.63) is 107 Å². The molecule has 0 spiro atoms. The maximum absolute atomic E-state index is 14.2. The van der Waals surface area contributed by atoms with Gasteiger partial charge in [0, 0.05) is 12.0 Å². The van der Waals surface area contributed by atoms with E-state index >= 15 is 0 Å². The van der Waals surface area contributed by atoms with Crippen LogP contribution in [0.15, 0.2) is 84.9 Å². The van der Waals surface area contributed by atoms with Crippen LogP contribution >= 0.6 is 0 Å². The zero-order valence-corrected chi connectivity index (χ0v) is 22.9. The first-order valence-electron chi connectivity index (χ1n) is 13.8. The van der Waals surface area contributed by atoms with Crippen LogP contribution in [0.5, 0.6) is 5.75 Å². The average Bonchev–Trinajstić information content (AvgIpc) is 3.09. The fourth-order valence-corrected chi connectivity index (χ4v) is 5.18. The van der Waals surface area contributed by atoms with Gasteiger partial charge >= 0.3 is 0 Å². The normalized spacial score (nSPS) is 15.9. The van der Waals surface area contributed by atoms with E-state index in [0.717, 1.165) is 45.1 Å². The first-order valence-corrected chi connectivity index (χ1v) is 13.8. The number of rotatable bonds is 8. The molecule has 0 radical (unpaired) electrons. The van der Waals surface area contributed by atoms with Crippen LogP contribution in [0.1, 0.15) is 48.9 Å². The fraction of sp³-hybridized carbons (Fsp3) is 0.294. The highest BCUT2D eigenvalue weighted by molar-refractivity contribution is 6.01. The van der Waals surface area contributed by atoms with E-state index in [1.54, 1.807) is 0 Å². The van der Waals surface area contributed by atoms with Crippen LogP contribution in [0.3, 0.4) is 0 Å². The fourth-order valence-electron chi connectivity index (χ4n) is 5.18. The molecule has 5 rings (SSSR count). The molecule has 39 heavy (non-hydrogen) atoms. The minimum atomic E-state index is -0.581. The van der Waals surface area contributed by atoms with Crippen molar-refractivity contribution < 1.29 is 14.3 Å². The van der Waals surface area contributed by atoms with Gasteiger partial charge in [-0.1, -0.05) is 86.6 Å². The second-order valence-corrected chi connectivity index (χ2v) is 10.5. The molecule has 1 heterocycles. The summed E-state index contributed by atoms with van der Waals surface area (Å²) in [4.78, 5) is 28.9. The molecule has 0 fully saturated rings. The van der Waals surface area contributed by atoms with Gasteiger partial charge in [-0.15, -0.1) is 0 Å². The van der Waals surface area contributed by atoms with Crippen molar-refractivity contribution in [1.29, 1.82) is 0 Å².